The van der Waals surface area contributed by atoms with Crippen LogP contribution in [0.15, 0.2) is 28.6 Å². The fourth-order valence-corrected chi connectivity index (χ4v) is 3.37. The largest absolute Gasteiger partial charge is 0.497 e. The van der Waals surface area contributed by atoms with E-state index in [0.29, 0.717) is 6.61 Å². The van der Waals surface area contributed by atoms with E-state index in [1.807, 2.05) is 31.2 Å². The number of rotatable bonds is 9. The molecule has 0 saturated heterocycles. The predicted octanol–water partition coefficient (Wildman–Crippen LogP) is 3.54. The summed E-state index contributed by atoms with van der Waals surface area (Å²) in [5.74, 6) is 2.67. The molecule has 0 bridgehead atoms. The van der Waals surface area contributed by atoms with Gasteiger partial charge in [0.15, 0.2) is 4.34 Å². The molecule has 0 aliphatic rings. The number of hydrogen-bond acceptors (Lipinski definition) is 7. The van der Waals surface area contributed by atoms with Crippen molar-refractivity contribution in [3.05, 3.63) is 24.3 Å². The average Bonchev–Trinajstić information content (AvgIpc) is 2.95. The average molecular weight is 325 g/mol. The summed E-state index contributed by atoms with van der Waals surface area (Å²) < 4.78 is 11.8. The number of aromatic nitrogens is 2. The number of methoxy groups -OCH3 is 1. The summed E-state index contributed by atoms with van der Waals surface area (Å²) in [6.07, 6.45) is 0.965. The lowest BCUT2D eigenvalue weighted by molar-refractivity contribution is 0.318. The quantitative estimate of drug-likeness (QED) is 0.562. The van der Waals surface area contributed by atoms with Crippen molar-refractivity contribution >= 4 is 28.2 Å². The van der Waals surface area contributed by atoms with Gasteiger partial charge in [-0.1, -0.05) is 23.1 Å². The highest BCUT2D eigenvalue weighted by atomic mass is 32.2. The summed E-state index contributed by atoms with van der Waals surface area (Å²) in [4.78, 5) is 0. The molecule has 0 amide bonds. The number of nitrogens with zero attached hydrogens (tertiary/aromatic N) is 2. The minimum atomic E-state index is 0.693. The highest BCUT2D eigenvalue weighted by molar-refractivity contribution is 8.01. The van der Waals surface area contributed by atoms with Gasteiger partial charge in [-0.05, 0) is 37.6 Å². The van der Waals surface area contributed by atoms with E-state index < -0.39 is 0 Å². The molecule has 0 aliphatic heterocycles. The number of thioether (sulfide) groups is 1. The Morgan fingerprint density at radius 3 is 2.67 bits per heavy atom. The van der Waals surface area contributed by atoms with Crippen LogP contribution in [0.4, 0.5) is 5.13 Å². The first-order valence-electron chi connectivity index (χ1n) is 6.79. The van der Waals surface area contributed by atoms with E-state index in [9.17, 15) is 0 Å². The van der Waals surface area contributed by atoms with Crippen molar-refractivity contribution in [1.29, 1.82) is 0 Å². The van der Waals surface area contributed by atoms with Crippen LogP contribution >= 0.6 is 23.1 Å². The first kappa shape index (κ1) is 15.9. The zero-order valence-electron chi connectivity index (χ0n) is 12.2. The fraction of sp³-hybridized carbons (Fsp3) is 0.429. The third-order valence-corrected chi connectivity index (χ3v) is 4.68. The topological polar surface area (TPSA) is 56.3 Å². The first-order valence-corrected chi connectivity index (χ1v) is 8.59. The number of nitrogens with one attached hydrogen (secondary N) is 1. The Morgan fingerprint density at radius 1 is 1.19 bits per heavy atom. The maximum Gasteiger partial charge on any atom is 0.206 e. The van der Waals surface area contributed by atoms with Crippen molar-refractivity contribution in [2.75, 3.05) is 31.3 Å². The lowest BCUT2D eigenvalue weighted by Crippen LogP contribution is -1.98. The molecule has 1 N–H and O–H groups in total. The molecule has 7 heteroatoms. The van der Waals surface area contributed by atoms with Crippen LogP contribution in [0.3, 0.4) is 0 Å². The van der Waals surface area contributed by atoms with E-state index in [-0.39, 0.29) is 0 Å². The second-order valence-electron chi connectivity index (χ2n) is 4.13. The van der Waals surface area contributed by atoms with Crippen molar-refractivity contribution in [2.24, 2.45) is 0 Å². The van der Waals surface area contributed by atoms with Crippen molar-refractivity contribution in [2.45, 2.75) is 17.7 Å². The molecular formula is C14H19N3O2S2. The first-order chi connectivity index (χ1) is 10.3. The van der Waals surface area contributed by atoms with Gasteiger partial charge in [-0.2, -0.15) is 0 Å². The molecule has 114 valence electrons. The number of benzene rings is 1. The Bertz CT molecular complexity index is 531. The zero-order chi connectivity index (χ0) is 14.9. The molecule has 1 aromatic carbocycles. The van der Waals surface area contributed by atoms with Crippen LogP contribution < -0.4 is 14.8 Å². The monoisotopic (exact) mass is 325 g/mol. The maximum absolute atomic E-state index is 5.67. The highest BCUT2D eigenvalue weighted by Crippen LogP contribution is 2.25. The Hall–Kier alpha value is -1.47. The van der Waals surface area contributed by atoms with E-state index in [1.165, 1.54) is 0 Å². The molecule has 1 aromatic heterocycles. The summed E-state index contributed by atoms with van der Waals surface area (Å²) in [5, 5.41) is 12.2. The van der Waals surface area contributed by atoms with E-state index in [1.54, 1.807) is 30.2 Å². The van der Waals surface area contributed by atoms with E-state index in [2.05, 4.69) is 15.5 Å². The summed E-state index contributed by atoms with van der Waals surface area (Å²) >= 11 is 3.30. The van der Waals surface area contributed by atoms with Crippen LogP contribution in [0.2, 0.25) is 0 Å². The standard InChI is InChI=1S/C14H19N3O2S2/c1-3-15-13-16-17-14(21-13)20-10-4-9-19-12-7-5-11(18-2)6-8-12/h5-8H,3-4,9-10H2,1-2H3,(H,15,16). The number of hydrogen-bond donors (Lipinski definition) is 1. The van der Waals surface area contributed by atoms with Gasteiger partial charge in [0.05, 0.1) is 13.7 Å². The van der Waals surface area contributed by atoms with Gasteiger partial charge in [-0.3, -0.25) is 0 Å². The third kappa shape index (κ3) is 5.43. The Kier molecular flexibility index (Phi) is 6.62. The van der Waals surface area contributed by atoms with Gasteiger partial charge >= 0.3 is 0 Å². The smallest absolute Gasteiger partial charge is 0.206 e. The molecule has 0 atom stereocenters. The summed E-state index contributed by atoms with van der Waals surface area (Å²) in [7, 11) is 1.65. The van der Waals surface area contributed by atoms with Crippen LogP contribution in [0.1, 0.15) is 13.3 Å². The lowest BCUT2D eigenvalue weighted by atomic mass is 10.3. The van der Waals surface area contributed by atoms with E-state index in [0.717, 1.165) is 39.7 Å². The van der Waals surface area contributed by atoms with Gasteiger partial charge in [0.1, 0.15) is 11.5 Å². The van der Waals surface area contributed by atoms with Gasteiger partial charge in [-0.15, -0.1) is 10.2 Å². The zero-order valence-corrected chi connectivity index (χ0v) is 13.8. The van der Waals surface area contributed by atoms with Gasteiger partial charge in [-0.25, -0.2) is 0 Å². The van der Waals surface area contributed by atoms with Crippen LogP contribution in [-0.2, 0) is 0 Å². The van der Waals surface area contributed by atoms with Crippen LogP contribution in [0.25, 0.3) is 0 Å². The molecule has 1 heterocycles. The van der Waals surface area contributed by atoms with Crippen LogP contribution in [0.5, 0.6) is 11.5 Å². The van der Waals surface area contributed by atoms with Gasteiger partial charge < -0.3 is 14.8 Å². The molecule has 0 unspecified atom stereocenters. The van der Waals surface area contributed by atoms with Crippen molar-refractivity contribution in [3.63, 3.8) is 0 Å². The molecule has 0 spiro atoms. The summed E-state index contributed by atoms with van der Waals surface area (Å²) in [6, 6.07) is 7.62. The molecule has 2 rings (SSSR count). The Balaban J connectivity index is 1.62. The number of ether oxygens (including phenoxy) is 2. The second kappa shape index (κ2) is 8.74. The minimum Gasteiger partial charge on any atom is -0.497 e. The maximum atomic E-state index is 5.67. The normalized spacial score (nSPS) is 10.4. The van der Waals surface area contributed by atoms with E-state index >= 15 is 0 Å². The lowest BCUT2D eigenvalue weighted by Gasteiger charge is -2.06. The number of anilines is 1. The predicted molar refractivity (Wildman–Crippen MR) is 87.9 cm³/mol. The van der Waals surface area contributed by atoms with Gasteiger partial charge in [0.25, 0.3) is 0 Å². The SMILES string of the molecule is CCNc1nnc(SCCCOc2ccc(OC)cc2)s1. The minimum absolute atomic E-state index is 0.693. The molecular weight excluding hydrogens is 306 g/mol. The second-order valence-corrected chi connectivity index (χ2v) is 6.45. The van der Waals surface area contributed by atoms with Gasteiger partial charge in [0.2, 0.25) is 5.13 Å². The van der Waals surface area contributed by atoms with Crippen molar-refractivity contribution in [1.82, 2.24) is 10.2 Å². The van der Waals surface area contributed by atoms with Crippen molar-refractivity contribution in [3.8, 4) is 11.5 Å². The molecule has 0 fully saturated rings. The molecule has 0 saturated carbocycles. The van der Waals surface area contributed by atoms with Crippen LogP contribution in [0, 0.1) is 0 Å². The fourth-order valence-electron chi connectivity index (χ4n) is 1.57. The molecule has 2 aromatic rings. The Morgan fingerprint density at radius 2 is 1.95 bits per heavy atom. The van der Waals surface area contributed by atoms with Gasteiger partial charge in [0, 0.05) is 12.3 Å². The summed E-state index contributed by atoms with van der Waals surface area (Å²) in [6.45, 7) is 3.61. The van der Waals surface area contributed by atoms with Crippen molar-refractivity contribution < 1.29 is 9.47 Å². The molecule has 21 heavy (non-hydrogen) atoms. The Labute approximate surface area is 133 Å². The van der Waals surface area contributed by atoms with E-state index in [4.69, 9.17) is 9.47 Å². The third-order valence-electron chi connectivity index (χ3n) is 2.58. The van der Waals surface area contributed by atoms with Crippen LogP contribution in [-0.4, -0.2) is 36.2 Å². The summed E-state index contributed by atoms with van der Waals surface area (Å²) in [5.41, 5.74) is 0. The molecule has 0 radical (unpaired) electrons. The highest BCUT2D eigenvalue weighted by Gasteiger charge is 2.03. The molecule has 0 aliphatic carbocycles. The molecule has 5 nitrogen and oxygen atoms in total.